The number of carboxylic acids is 1. The summed E-state index contributed by atoms with van der Waals surface area (Å²) in [6.45, 7) is 2.46. The van der Waals surface area contributed by atoms with Gasteiger partial charge < -0.3 is 14.6 Å². The van der Waals surface area contributed by atoms with E-state index in [1.807, 2.05) is 0 Å². The van der Waals surface area contributed by atoms with Gasteiger partial charge in [0, 0.05) is 18.6 Å². The SMILES string of the molecule is CC(CC1CO1)OC(=O)C=CC(=O)O. The molecule has 0 amide bonds. The van der Waals surface area contributed by atoms with Crippen molar-refractivity contribution in [3.63, 3.8) is 0 Å². The molecule has 1 saturated heterocycles. The van der Waals surface area contributed by atoms with Gasteiger partial charge in [-0.1, -0.05) is 0 Å². The number of aliphatic carboxylic acids is 1. The van der Waals surface area contributed by atoms with Gasteiger partial charge in [-0.15, -0.1) is 0 Å². The van der Waals surface area contributed by atoms with Crippen LogP contribution in [0.2, 0.25) is 0 Å². The molecule has 5 heteroatoms. The van der Waals surface area contributed by atoms with Gasteiger partial charge in [0.25, 0.3) is 0 Å². The van der Waals surface area contributed by atoms with E-state index in [2.05, 4.69) is 0 Å². The van der Waals surface area contributed by atoms with Crippen molar-refractivity contribution < 1.29 is 24.2 Å². The van der Waals surface area contributed by atoms with Crippen LogP contribution in [-0.2, 0) is 19.1 Å². The van der Waals surface area contributed by atoms with Crippen molar-refractivity contribution in [1.82, 2.24) is 0 Å². The monoisotopic (exact) mass is 200 g/mol. The molecule has 14 heavy (non-hydrogen) atoms. The van der Waals surface area contributed by atoms with Crippen molar-refractivity contribution in [3.05, 3.63) is 12.2 Å². The molecule has 1 fully saturated rings. The number of esters is 1. The molecular weight excluding hydrogens is 188 g/mol. The summed E-state index contributed by atoms with van der Waals surface area (Å²) in [6, 6.07) is 0. The summed E-state index contributed by atoms with van der Waals surface area (Å²) in [5, 5.41) is 8.24. The summed E-state index contributed by atoms with van der Waals surface area (Å²) in [7, 11) is 0. The molecule has 0 aromatic heterocycles. The molecule has 0 bridgehead atoms. The lowest BCUT2D eigenvalue weighted by Crippen LogP contribution is -2.15. The van der Waals surface area contributed by atoms with Crippen LogP contribution < -0.4 is 0 Å². The first-order valence-electron chi connectivity index (χ1n) is 4.31. The zero-order valence-electron chi connectivity index (χ0n) is 7.80. The Balaban J connectivity index is 2.20. The van der Waals surface area contributed by atoms with Gasteiger partial charge >= 0.3 is 11.9 Å². The Morgan fingerprint density at radius 3 is 2.79 bits per heavy atom. The van der Waals surface area contributed by atoms with E-state index in [4.69, 9.17) is 14.6 Å². The maximum Gasteiger partial charge on any atom is 0.331 e. The predicted molar refractivity (Wildman–Crippen MR) is 46.7 cm³/mol. The molecule has 1 rings (SSSR count). The minimum atomic E-state index is -1.17. The number of rotatable bonds is 5. The molecule has 0 spiro atoms. The average Bonchev–Trinajstić information content (AvgIpc) is 2.84. The molecule has 1 heterocycles. The van der Waals surface area contributed by atoms with Crippen molar-refractivity contribution in [3.8, 4) is 0 Å². The summed E-state index contributed by atoms with van der Waals surface area (Å²) in [4.78, 5) is 21.0. The normalized spacial score (nSPS) is 21.9. The zero-order chi connectivity index (χ0) is 10.6. The van der Waals surface area contributed by atoms with Gasteiger partial charge in [0.15, 0.2) is 0 Å². The lowest BCUT2D eigenvalue weighted by molar-refractivity contribution is -0.143. The van der Waals surface area contributed by atoms with Gasteiger partial charge in [0.1, 0.15) is 6.10 Å². The van der Waals surface area contributed by atoms with Crippen LogP contribution in [0.4, 0.5) is 0 Å². The summed E-state index contributed by atoms with van der Waals surface area (Å²) in [6.07, 6.45) is 2.26. The molecule has 1 N–H and O–H groups in total. The quantitative estimate of drug-likeness (QED) is 0.393. The Labute approximate surface area is 81.3 Å². The van der Waals surface area contributed by atoms with Gasteiger partial charge in [-0.2, -0.15) is 0 Å². The van der Waals surface area contributed by atoms with Crippen molar-refractivity contribution in [2.45, 2.75) is 25.6 Å². The van der Waals surface area contributed by atoms with Gasteiger partial charge in [-0.3, -0.25) is 0 Å². The average molecular weight is 200 g/mol. The fourth-order valence-electron chi connectivity index (χ4n) is 0.999. The second-order valence-corrected chi connectivity index (χ2v) is 3.11. The number of carboxylic acid groups (broad SMARTS) is 1. The summed E-state index contributed by atoms with van der Waals surface area (Å²) in [5.41, 5.74) is 0. The lowest BCUT2D eigenvalue weighted by atomic mass is 10.2. The van der Waals surface area contributed by atoms with E-state index < -0.39 is 11.9 Å². The van der Waals surface area contributed by atoms with Crippen LogP contribution in [-0.4, -0.2) is 35.9 Å². The Morgan fingerprint density at radius 2 is 2.29 bits per heavy atom. The summed E-state index contributed by atoms with van der Waals surface area (Å²) < 4.78 is 9.84. The van der Waals surface area contributed by atoms with E-state index in [0.717, 1.165) is 12.2 Å². The number of carbonyl (C=O) groups is 2. The molecule has 78 valence electrons. The molecule has 1 aliphatic heterocycles. The van der Waals surface area contributed by atoms with Gasteiger partial charge in [0.05, 0.1) is 12.7 Å². The van der Waals surface area contributed by atoms with E-state index in [1.54, 1.807) is 6.92 Å². The second kappa shape index (κ2) is 4.76. The number of epoxide rings is 1. The van der Waals surface area contributed by atoms with E-state index in [-0.39, 0.29) is 12.2 Å². The number of ether oxygens (including phenoxy) is 2. The third kappa shape index (κ3) is 4.61. The molecule has 0 aromatic rings. The molecule has 5 nitrogen and oxygen atoms in total. The largest absolute Gasteiger partial charge is 0.478 e. The summed E-state index contributed by atoms with van der Waals surface area (Å²) >= 11 is 0. The van der Waals surface area contributed by atoms with E-state index in [0.29, 0.717) is 13.0 Å². The zero-order valence-corrected chi connectivity index (χ0v) is 7.80. The Hall–Kier alpha value is -1.36. The highest BCUT2D eigenvalue weighted by Gasteiger charge is 2.25. The number of carbonyl (C=O) groups excluding carboxylic acids is 1. The Morgan fingerprint density at radius 1 is 1.64 bits per heavy atom. The molecule has 2 atom stereocenters. The standard InChI is InChI=1S/C9H12O5/c1-6(4-7-5-13-7)14-9(12)3-2-8(10)11/h2-3,6-7H,4-5H2,1H3,(H,10,11). The van der Waals surface area contributed by atoms with E-state index in [1.165, 1.54) is 0 Å². The fraction of sp³-hybridized carbons (Fsp3) is 0.556. The number of hydrogen-bond donors (Lipinski definition) is 1. The summed E-state index contributed by atoms with van der Waals surface area (Å²) in [5.74, 6) is -1.80. The lowest BCUT2D eigenvalue weighted by Gasteiger charge is -2.09. The highest BCUT2D eigenvalue weighted by Crippen LogP contribution is 2.17. The second-order valence-electron chi connectivity index (χ2n) is 3.11. The fourth-order valence-corrected chi connectivity index (χ4v) is 0.999. The minimum Gasteiger partial charge on any atom is -0.478 e. The van der Waals surface area contributed by atoms with Crippen LogP contribution in [0, 0.1) is 0 Å². The Bertz CT molecular complexity index is 254. The highest BCUT2D eigenvalue weighted by atomic mass is 16.6. The molecule has 0 aromatic carbocycles. The van der Waals surface area contributed by atoms with Gasteiger partial charge in [-0.05, 0) is 6.92 Å². The van der Waals surface area contributed by atoms with Gasteiger partial charge in [0.2, 0.25) is 0 Å². The third-order valence-corrected chi connectivity index (χ3v) is 1.68. The third-order valence-electron chi connectivity index (χ3n) is 1.68. The first-order chi connectivity index (χ1) is 6.58. The van der Waals surface area contributed by atoms with Crippen molar-refractivity contribution in [1.29, 1.82) is 0 Å². The molecule has 0 radical (unpaired) electrons. The first-order valence-corrected chi connectivity index (χ1v) is 4.31. The first kappa shape index (κ1) is 10.7. The van der Waals surface area contributed by atoms with Crippen LogP contribution >= 0.6 is 0 Å². The van der Waals surface area contributed by atoms with E-state index in [9.17, 15) is 9.59 Å². The molecule has 0 aliphatic carbocycles. The minimum absolute atomic E-state index is 0.196. The maximum atomic E-state index is 10.9. The smallest absolute Gasteiger partial charge is 0.331 e. The van der Waals surface area contributed by atoms with Crippen LogP contribution in [0.1, 0.15) is 13.3 Å². The maximum absolute atomic E-state index is 10.9. The highest BCUT2D eigenvalue weighted by molar-refractivity contribution is 5.90. The van der Waals surface area contributed by atoms with Crippen LogP contribution in [0.5, 0.6) is 0 Å². The molecule has 1 aliphatic rings. The van der Waals surface area contributed by atoms with E-state index >= 15 is 0 Å². The Kier molecular flexibility index (Phi) is 3.64. The van der Waals surface area contributed by atoms with Crippen molar-refractivity contribution in [2.24, 2.45) is 0 Å². The topological polar surface area (TPSA) is 76.1 Å². The van der Waals surface area contributed by atoms with Gasteiger partial charge in [-0.25, -0.2) is 9.59 Å². The van der Waals surface area contributed by atoms with Crippen molar-refractivity contribution in [2.75, 3.05) is 6.61 Å². The number of hydrogen-bond acceptors (Lipinski definition) is 4. The van der Waals surface area contributed by atoms with Crippen LogP contribution in [0.25, 0.3) is 0 Å². The van der Waals surface area contributed by atoms with Crippen molar-refractivity contribution >= 4 is 11.9 Å². The van der Waals surface area contributed by atoms with Crippen LogP contribution in [0.15, 0.2) is 12.2 Å². The predicted octanol–water partition coefficient (Wildman–Crippen LogP) is 0.348. The molecule has 2 unspecified atom stereocenters. The molecule has 0 saturated carbocycles. The molecular formula is C9H12O5. The van der Waals surface area contributed by atoms with Crippen LogP contribution in [0.3, 0.4) is 0 Å².